The van der Waals surface area contributed by atoms with Crippen LogP contribution in [0.1, 0.15) is 45.4 Å². The Kier molecular flexibility index (Phi) is 2.31. The van der Waals surface area contributed by atoms with Crippen molar-refractivity contribution >= 4 is 5.91 Å². The summed E-state index contributed by atoms with van der Waals surface area (Å²) in [7, 11) is 0. The number of amides is 1. The van der Waals surface area contributed by atoms with Gasteiger partial charge < -0.3 is 5.32 Å². The molecule has 0 aromatic heterocycles. The summed E-state index contributed by atoms with van der Waals surface area (Å²) in [6.45, 7) is 3.23. The molecule has 1 unspecified atom stereocenters. The number of carbonyl (C=O) groups is 1. The van der Waals surface area contributed by atoms with Crippen molar-refractivity contribution < 1.29 is 4.79 Å². The summed E-state index contributed by atoms with van der Waals surface area (Å²) in [6.07, 6.45) is 7.42. The van der Waals surface area contributed by atoms with Crippen LogP contribution < -0.4 is 5.32 Å². The van der Waals surface area contributed by atoms with E-state index in [4.69, 9.17) is 0 Å². The van der Waals surface area contributed by atoms with E-state index in [1.54, 1.807) is 0 Å². The van der Waals surface area contributed by atoms with Crippen LogP contribution in [0.25, 0.3) is 0 Å². The molecule has 0 radical (unpaired) electrons. The first-order valence-electron chi connectivity index (χ1n) is 5.45. The van der Waals surface area contributed by atoms with Crippen LogP contribution in [0, 0.1) is 11.3 Å². The van der Waals surface area contributed by atoms with Crippen molar-refractivity contribution in [2.45, 2.75) is 45.4 Å². The molecule has 2 fully saturated rings. The van der Waals surface area contributed by atoms with Crippen LogP contribution in [0.15, 0.2) is 0 Å². The normalized spacial score (nSPS) is 35.3. The molecule has 0 spiro atoms. The lowest BCUT2D eigenvalue weighted by atomic mass is 9.70. The molecule has 0 bridgehead atoms. The summed E-state index contributed by atoms with van der Waals surface area (Å²) < 4.78 is 0. The van der Waals surface area contributed by atoms with Gasteiger partial charge in [-0.2, -0.15) is 0 Å². The van der Waals surface area contributed by atoms with Gasteiger partial charge in [0.15, 0.2) is 0 Å². The van der Waals surface area contributed by atoms with Gasteiger partial charge in [-0.05, 0) is 24.2 Å². The van der Waals surface area contributed by atoms with E-state index < -0.39 is 0 Å². The maximum Gasteiger partial charge on any atom is 0.220 e. The molecule has 1 saturated carbocycles. The van der Waals surface area contributed by atoms with E-state index >= 15 is 0 Å². The van der Waals surface area contributed by atoms with E-state index in [2.05, 4.69) is 12.2 Å². The van der Waals surface area contributed by atoms with Gasteiger partial charge in [0.25, 0.3) is 0 Å². The van der Waals surface area contributed by atoms with Crippen molar-refractivity contribution in [2.24, 2.45) is 11.3 Å². The van der Waals surface area contributed by atoms with Crippen LogP contribution in [-0.2, 0) is 4.79 Å². The van der Waals surface area contributed by atoms with E-state index in [9.17, 15) is 4.79 Å². The molecule has 2 rings (SSSR count). The Morgan fingerprint density at radius 2 is 2.31 bits per heavy atom. The fourth-order valence-corrected chi connectivity index (χ4v) is 2.47. The van der Waals surface area contributed by atoms with Crippen LogP contribution in [0.2, 0.25) is 0 Å². The number of nitrogens with one attached hydrogen (secondary N) is 1. The highest BCUT2D eigenvalue weighted by Crippen LogP contribution is 2.40. The summed E-state index contributed by atoms with van der Waals surface area (Å²) >= 11 is 0. The minimum absolute atomic E-state index is 0.242. The van der Waals surface area contributed by atoms with Crippen molar-refractivity contribution in [3.63, 3.8) is 0 Å². The van der Waals surface area contributed by atoms with Crippen LogP contribution in [-0.4, -0.2) is 12.5 Å². The number of hydrogen-bond acceptors (Lipinski definition) is 1. The second kappa shape index (κ2) is 3.32. The minimum Gasteiger partial charge on any atom is -0.356 e. The molecule has 0 aromatic rings. The molecule has 1 saturated heterocycles. The second-order valence-electron chi connectivity index (χ2n) is 5.09. The van der Waals surface area contributed by atoms with Gasteiger partial charge in [-0.3, -0.25) is 4.79 Å². The smallest absolute Gasteiger partial charge is 0.220 e. The summed E-state index contributed by atoms with van der Waals surface area (Å²) in [6, 6.07) is 0. The minimum atomic E-state index is 0.242. The molecule has 2 nitrogen and oxygen atoms in total. The number of rotatable bonds is 2. The van der Waals surface area contributed by atoms with Crippen molar-refractivity contribution in [1.82, 2.24) is 5.32 Å². The van der Waals surface area contributed by atoms with Gasteiger partial charge in [0.1, 0.15) is 0 Å². The fraction of sp³-hybridized carbons (Fsp3) is 0.909. The van der Waals surface area contributed by atoms with Crippen molar-refractivity contribution in [2.75, 3.05) is 6.54 Å². The zero-order valence-electron chi connectivity index (χ0n) is 8.44. The average molecular weight is 181 g/mol. The van der Waals surface area contributed by atoms with Gasteiger partial charge >= 0.3 is 0 Å². The molecule has 74 valence electrons. The van der Waals surface area contributed by atoms with Gasteiger partial charge in [-0.25, -0.2) is 0 Å². The van der Waals surface area contributed by atoms with Crippen LogP contribution in [0.5, 0.6) is 0 Å². The molecule has 1 atom stereocenters. The molecule has 1 heterocycles. The second-order valence-corrected chi connectivity index (χ2v) is 5.09. The summed E-state index contributed by atoms with van der Waals surface area (Å²) in [4.78, 5) is 11.0. The maximum absolute atomic E-state index is 11.0. The largest absolute Gasteiger partial charge is 0.356 e. The predicted octanol–water partition coefficient (Wildman–Crippen LogP) is 2.09. The fourth-order valence-electron chi connectivity index (χ4n) is 2.47. The number of carbonyl (C=O) groups excluding carboxylic acids is 1. The van der Waals surface area contributed by atoms with Crippen molar-refractivity contribution in [1.29, 1.82) is 0 Å². The van der Waals surface area contributed by atoms with E-state index in [-0.39, 0.29) is 5.91 Å². The summed E-state index contributed by atoms with van der Waals surface area (Å²) in [5.41, 5.74) is 0.402. The first-order chi connectivity index (χ1) is 6.18. The molecular formula is C11H19NO. The first-order valence-corrected chi connectivity index (χ1v) is 5.45. The standard InChI is InChI=1S/C11H19NO/c1-11(7-9-3-2-4-9)6-5-10(13)12-8-11/h9H,2-8H2,1H3,(H,12,13). The molecule has 13 heavy (non-hydrogen) atoms. The molecular weight excluding hydrogens is 162 g/mol. The highest BCUT2D eigenvalue weighted by molar-refractivity contribution is 5.76. The van der Waals surface area contributed by atoms with Gasteiger partial charge in [0.2, 0.25) is 5.91 Å². The Morgan fingerprint density at radius 1 is 1.54 bits per heavy atom. The summed E-state index contributed by atoms with van der Waals surface area (Å²) in [5.74, 6) is 1.20. The number of hydrogen-bond donors (Lipinski definition) is 1. The van der Waals surface area contributed by atoms with E-state index in [1.807, 2.05) is 0 Å². The average Bonchev–Trinajstić information content (AvgIpc) is 2.05. The Labute approximate surface area is 80.1 Å². The third-order valence-electron chi connectivity index (χ3n) is 3.67. The molecule has 2 heteroatoms. The van der Waals surface area contributed by atoms with Crippen LogP contribution in [0.4, 0.5) is 0 Å². The zero-order chi connectivity index (χ0) is 9.31. The van der Waals surface area contributed by atoms with E-state index in [1.165, 1.54) is 25.7 Å². The van der Waals surface area contributed by atoms with E-state index in [0.29, 0.717) is 5.41 Å². The third-order valence-corrected chi connectivity index (χ3v) is 3.67. The topological polar surface area (TPSA) is 29.1 Å². The van der Waals surface area contributed by atoms with Gasteiger partial charge in [-0.1, -0.05) is 26.2 Å². The molecule has 2 aliphatic rings. The molecule has 1 aliphatic carbocycles. The lowest BCUT2D eigenvalue weighted by Gasteiger charge is -2.39. The van der Waals surface area contributed by atoms with Gasteiger partial charge in [0, 0.05) is 13.0 Å². The van der Waals surface area contributed by atoms with Gasteiger partial charge in [-0.15, -0.1) is 0 Å². The Hall–Kier alpha value is -0.530. The van der Waals surface area contributed by atoms with Crippen LogP contribution in [0.3, 0.4) is 0 Å². The lowest BCUT2D eigenvalue weighted by Crippen LogP contribution is -2.43. The Morgan fingerprint density at radius 3 is 2.77 bits per heavy atom. The highest BCUT2D eigenvalue weighted by Gasteiger charge is 2.33. The molecule has 1 amide bonds. The zero-order valence-corrected chi connectivity index (χ0v) is 8.44. The quantitative estimate of drug-likeness (QED) is 0.694. The van der Waals surface area contributed by atoms with Gasteiger partial charge in [0.05, 0.1) is 0 Å². The Bertz CT molecular complexity index is 198. The van der Waals surface area contributed by atoms with Crippen LogP contribution >= 0.6 is 0 Å². The monoisotopic (exact) mass is 181 g/mol. The maximum atomic E-state index is 11.0. The van der Waals surface area contributed by atoms with Crippen molar-refractivity contribution in [3.05, 3.63) is 0 Å². The highest BCUT2D eigenvalue weighted by atomic mass is 16.1. The van der Waals surface area contributed by atoms with E-state index in [0.717, 1.165) is 25.3 Å². The number of piperidine rings is 1. The summed E-state index contributed by atoms with van der Waals surface area (Å²) in [5, 5.41) is 2.99. The third kappa shape index (κ3) is 2.04. The molecule has 0 aromatic carbocycles. The molecule has 1 aliphatic heterocycles. The van der Waals surface area contributed by atoms with Crippen molar-refractivity contribution in [3.8, 4) is 0 Å². The molecule has 1 N–H and O–H groups in total. The lowest BCUT2D eigenvalue weighted by molar-refractivity contribution is -0.124. The first kappa shape index (κ1) is 9.04. The SMILES string of the molecule is CC1(CC2CCC2)CCC(=O)NC1. The Balaban J connectivity index is 1.84. The predicted molar refractivity (Wildman–Crippen MR) is 52.3 cm³/mol.